The molecule has 6 nitrogen and oxygen atoms in total. The molecule has 0 saturated carbocycles. The summed E-state index contributed by atoms with van der Waals surface area (Å²) in [7, 11) is 0. The van der Waals surface area contributed by atoms with E-state index in [1.165, 1.54) is 0 Å². The first-order valence-electron chi connectivity index (χ1n) is 7.82. The maximum absolute atomic E-state index is 12.0. The van der Waals surface area contributed by atoms with Crippen LogP contribution in [0.15, 0.2) is 30.3 Å². The Morgan fingerprint density at radius 1 is 1.35 bits per heavy atom. The molecule has 0 bridgehead atoms. The van der Waals surface area contributed by atoms with Crippen molar-refractivity contribution in [3.05, 3.63) is 35.9 Å². The molecule has 2 rings (SSSR count). The van der Waals surface area contributed by atoms with Crippen molar-refractivity contribution in [3.63, 3.8) is 0 Å². The highest BCUT2D eigenvalue weighted by Crippen LogP contribution is 2.29. The number of carbonyl (C=O) groups is 2. The molecule has 1 heterocycles. The zero-order valence-electron chi connectivity index (χ0n) is 13.3. The summed E-state index contributed by atoms with van der Waals surface area (Å²) >= 11 is 0. The molecule has 1 fully saturated rings. The minimum Gasteiger partial charge on any atom is -0.481 e. The molecule has 126 valence electrons. The van der Waals surface area contributed by atoms with E-state index in [1.54, 1.807) is 0 Å². The van der Waals surface area contributed by atoms with Crippen molar-refractivity contribution in [2.45, 2.75) is 50.9 Å². The van der Waals surface area contributed by atoms with Gasteiger partial charge in [0.05, 0.1) is 18.1 Å². The van der Waals surface area contributed by atoms with Gasteiger partial charge in [-0.15, -0.1) is 0 Å². The first kappa shape index (κ1) is 17.3. The van der Waals surface area contributed by atoms with E-state index >= 15 is 0 Å². The third kappa shape index (κ3) is 5.25. The second-order valence-corrected chi connectivity index (χ2v) is 5.97. The molecule has 6 heteroatoms. The number of carboxylic acid groups (broad SMARTS) is 1. The van der Waals surface area contributed by atoms with Gasteiger partial charge >= 0.3 is 12.1 Å². The van der Waals surface area contributed by atoms with Gasteiger partial charge in [-0.05, 0) is 31.7 Å². The van der Waals surface area contributed by atoms with E-state index in [-0.39, 0.29) is 13.0 Å². The Labute approximate surface area is 135 Å². The summed E-state index contributed by atoms with van der Waals surface area (Å²) in [6, 6.07) is 8.69. The largest absolute Gasteiger partial charge is 0.481 e. The summed E-state index contributed by atoms with van der Waals surface area (Å²) in [5, 5.41) is 11.8. The molecule has 2 N–H and O–H groups in total. The highest BCUT2D eigenvalue weighted by Gasteiger charge is 2.39. The van der Waals surface area contributed by atoms with E-state index in [0.29, 0.717) is 13.0 Å². The lowest BCUT2D eigenvalue weighted by Gasteiger charge is -2.40. The summed E-state index contributed by atoms with van der Waals surface area (Å²) in [4.78, 5) is 23.1. The van der Waals surface area contributed by atoms with E-state index in [9.17, 15) is 9.59 Å². The monoisotopic (exact) mass is 321 g/mol. The van der Waals surface area contributed by atoms with Crippen molar-refractivity contribution >= 4 is 12.1 Å². The van der Waals surface area contributed by atoms with E-state index in [0.717, 1.165) is 18.4 Å². The highest BCUT2D eigenvalue weighted by molar-refractivity contribution is 5.71. The lowest BCUT2D eigenvalue weighted by Crippen LogP contribution is -2.54. The molecule has 0 radical (unpaired) electrons. The van der Waals surface area contributed by atoms with Gasteiger partial charge in [-0.2, -0.15) is 0 Å². The maximum atomic E-state index is 12.0. The normalized spacial score (nSPS) is 22.1. The Morgan fingerprint density at radius 3 is 2.70 bits per heavy atom. The molecule has 2 atom stereocenters. The van der Waals surface area contributed by atoms with Gasteiger partial charge in [0.1, 0.15) is 6.61 Å². The molecule has 1 aromatic carbocycles. The SMILES string of the molecule is CC1([C@H](CC(=O)O)NC(=O)OCc2ccccc2)CCCCO1. The number of ether oxygens (including phenoxy) is 2. The summed E-state index contributed by atoms with van der Waals surface area (Å²) in [5.74, 6) is -0.978. The first-order valence-corrected chi connectivity index (χ1v) is 7.82. The lowest BCUT2D eigenvalue weighted by atomic mass is 9.86. The molecular weight excluding hydrogens is 298 g/mol. The van der Waals surface area contributed by atoms with Crippen LogP contribution in [-0.4, -0.2) is 35.4 Å². The van der Waals surface area contributed by atoms with Crippen LogP contribution < -0.4 is 5.32 Å². The molecule has 0 aromatic heterocycles. The standard InChI is InChI=1S/C17H23NO5/c1-17(9-5-6-10-23-17)14(11-15(19)20)18-16(21)22-12-13-7-3-2-4-8-13/h2-4,7-8,14H,5-6,9-12H2,1H3,(H,18,21)(H,19,20)/t14-,17?/m0/s1. The van der Waals surface area contributed by atoms with E-state index in [1.807, 2.05) is 37.3 Å². The molecule has 0 spiro atoms. The number of benzene rings is 1. The van der Waals surface area contributed by atoms with Gasteiger partial charge in [-0.25, -0.2) is 4.79 Å². The van der Waals surface area contributed by atoms with Crippen LogP contribution in [0.5, 0.6) is 0 Å². The predicted molar refractivity (Wildman–Crippen MR) is 84.0 cm³/mol. The van der Waals surface area contributed by atoms with Crippen molar-refractivity contribution in [1.82, 2.24) is 5.32 Å². The zero-order chi connectivity index (χ0) is 16.7. The maximum Gasteiger partial charge on any atom is 0.407 e. The number of carbonyl (C=O) groups excluding carboxylic acids is 1. The Morgan fingerprint density at radius 2 is 2.09 bits per heavy atom. The van der Waals surface area contributed by atoms with E-state index in [4.69, 9.17) is 14.6 Å². The number of hydrogen-bond donors (Lipinski definition) is 2. The minimum atomic E-state index is -0.978. The Bertz CT molecular complexity index is 525. The summed E-state index contributed by atoms with van der Waals surface area (Å²) in [6.07, 6.45) is 1.79. The second-order valence-electron chi connectivity index (χ2n) is 5.97. The summed E-state index contributed by atoms with van der Waals surface area (Å²) in [6.45, 7) is 2.56. The molecular formula is C17H23NO5. The summed E-state index contributed by atoms with van der Waals surface area (Å²) < 4.78 is 10.9. The van der Waals surface area contributed by atoms with Gasteiger partial charge < -0.3 is 19.9 Å². The van der Waals surface area contributed by atoms with Crippen LogP contribution in [0, 0.1) is 0 Å². The minimum absolute atomic E-state index is 0.143. The van der Waals surface area contributed by atoms with Crippen LogP contribution in [0.1, 0.15) is 38.2 Å². The van der Waals surface area contributed by atoms with Gasteiger partial charge in [-0.3, -0.25) is 4.79 Å². The zero-order valence-corrected chi connectivity index (χ0v) is 13.3. The number of alkyl carbamates (subject to hydrolysis) is 1. The number of hydrogen-bond acceptors (Lipinski definition) is 4. The molecule has 1 aliphatic rings. The fraction of sp³-hybridized carbons (Fsp3) is 0.529. The average Bonchev–Trinajstić information content (AvgIpc) is 2.54. The Balaban J connectivity index is 1.93. The number of carboxylic acids is 1. The smallest absolute Gasteiger partial charge is 0.407 e. The molecule has 0 aliphatic carbocycles. The van der Waals surface area contributed by atoms with Crippen LogP contribution in [0.4, 0.5) is 4.79 Å². The van der Waals surface area contributed by atoms with Crippen molar-refractivity contribution in [3.8, 4) is 0 Å². The van der Waals surface area contributed by atoms with Crippen LogP contribution >= 0.6 is 0 Å². The van der Waals surface area contributed by atoms with Crippen molar-refractivity contribution in [2.75, 3.05) is 6.61 Å². The van der Waals surface area contributed by atoms with Crippen LogP contribution in [0.3, 0.4) is 0 Å². The lowest BCUT2D eigenvalue weighted by molar-refractivity contribution is -0.142. The third-order valence-electron chi connectivity index (χ3n) is 4.12. The van der Waals surface area contributed by atoms with Crippen molar-refractivity contribution in [1.29, 1.82) is 0 Å². The van der Waals surface area contributed by atoms with Gasteiger partial charge in [0, 0.05) is 6.61 Å². The van der Waals surface area contributed by atoms with Crippen molar-refractivity contribution in [2.24, 2.45) is 0 Å². The van der Waals surface area contributed by atoms with Crippen LogP contribution in [0.2, 0.25) is 0 Å². The van der Waals surface area contributed by atoms with E-state index in [2.05, 4.69) is 5.32 Å². The number of aliphatic carboxylic acids is 1. The van der Waals surface area contributed by atoms with Gasteiger partial charge in [0.15, 0.2) is 0 Å². The molecule has 1 unspecified atom stereocenters. The topological polar surface area (TPSA) is 84.9 Å². The molecule has 1 aromatic rings. The fourth-order valence-corrected chi connectivity index (χ4v) is 2.73. The van der Waals surface area contributed by atoms with Crippen LogP contribution in [-0.2, 0) is 20.9 Å². The molecule has 1 aliphatic heterocycles. The average molecular weight is 321 g/mol. The van der Waals surface area contributed by atoms with E-state index < -0.39 is 23.7 Å². The van der Waals surface area contributed by atoms with Gasteiger partial charge in [0.2, 0.25) is 0 Å². The van der Waals surface area contributed by atoms with Crippen LogP contribution in [0.25, 0.3) is 0 Å². The summed E-state index contributed by atoms with van der Waals surface area (Å²) in [5.41, 5.74) is 0.195. The van der Waals surface area contributed by atoms with Crippen molar-refractivity contribution < 1.29 is 24.2 Å². The molecule has 23 heavy (non-hydrogen) atoms. The molecule has 1 amide bonds. The quantitative estimate of drug-likeness (QED) is 0.841. The Kier molecular flexibility index (Phi) is 5.98. The van der Waals surface area contributed by atoms with Gasteiger partial charge in [0.25, 0.3) is 0 Å². The first-order chi connectivity index (χ1) is 11.0. The Hall–Kier alpha value is -2.08. The molecule has 1 saturated heterocycles. The predicted octanol–water partition coefficient (Wildman–Crippen LogP) is 2.72. The van der Waals surface area contributed by atoms with Gasteiger partial charge in [-0.1, -0.05) is 30.3 Å². The number of rotatable bonds is 6. The third-order valence-corrected chi connectivity index (χ3v) is 4.12. The fourth-order valence-electron chi connectivity index (χ4n) is 2.73. The number of nitrogens with one attached hydrogen (secondary N) is 1. The number of amides is 1. The highest BCUT2D eigenvalue weighted by atomic mass is 16.5. The second kappa shape index (κ2) is 7.97.